The molecule has 130 valence electrons. The summed E-state index contributed by atoms with van der Waals surface area (Å²) in [6, 6.07) is 10.0. The van der Waals surface area contributed by atoms with Crippen molar-refractivity contribution in [2.45, 2.75) is 30.2 Å². The van der Waals surface area contributed by atoms with E-state index in [0.717, 1.165) is 37.4 Å². The van der Waals surface area contributed by atoms with Crippen molar-refractivity contribution in [3.05, 3.63) is 30.3 Å². The first-order chi connectivity index (χ1) is 12.1. The van der Waals surface area contributed by atoms with E-state index in [1.165, 1.54) is 25.0 Å². The molecule has 0 saturated heterocycles. The van der Waals surface area contributed by atoms with Gasteiger partial charge >= 0.3 is 161 Å². The molecule has 0 saturated carbocycles. The van der Waals surface area contributed by atoms with Crippen molar-refractivity contribution in [3.8, 4) is 17.0 Å². The minimum absolute atomic E-state index is 0.297. The fourth-order valence-electron chi connectivity index (χ4n) is 3.40. The van der Waals surface area contributed by atoms with Crippen molar-refractivity contribution in [1.82, 2.24) is 14.7 Å². The van der Waals surface area contributed by atoms with Gasteiger partial charge < -0.3 is 0 Å². The summed E-state index contributed by atoms with van der Waals surface area (Å²) in [4.78, 5) is 4.91. The average Bonchev–Trinajstić information content (AvgIpc) is 2.99. The molecule has 1 aliphatic heterocycles. The summed E-state index contributed by atoms with van der Waals surface area (Å²) in [7, 11) is 0. The van der Waals surface area contributed by atoms with E-state index in [4.69, 9.17) is 5.10 Å². The van der Waals surface area contributed by atoms with Gasteiger partial charge in [-0.1, -0.05) is 0 Å². The van der Waals surface area contributed by atoms with Crippen LogP contribution < -0.4 is 4.35 Å². The van der Waals surface area contributed by atoms with E-state index in [2.05, 4.69) is 35.6 Å². The Morgan fingerprint density at radius 1 is 1.20 bits per heavy atom. The summed E-state index contributed by atoms with van der Waals surface area (Å²) in [5.74, 6) is 0.297. The number of rotatable bonds is 5. The van der Waals surface area contributed by atoms with Crippen molar-refractivity contribution in [3.63, 3.8) is 0 Å². The number of fused-ring (bicyclic) bond motifs is 2. The first kappa shape index (κ1) is 17.0. The van der Waals surface area contributed by atoms with Crippen molar-refractivity contribution in [1.29, 1.82) is 0 Å². The van der Waals surface area contributed by atoms with Gasteiger partial charge in [-0.3, -0.25) is 0 Å². The summed E-state index contributed by atoms with van der Waals surface area (Å²) < 4.78 is 3.48. The third-order valence-corrected chi connectivity index (χ3v) is 7.52. The van der Waals surface area contributed by atoms with E-state index in [-0.39, 0.29) is 0 Å². The first-order valence-electron chi connectivity index (χ1n) is 8.65. The molecule has 25 heavy (non-hydrogen) atoms. The average molecular weight is 415 g/mol. The van der Waals surface area contributed by atoms with E-state index in [0.29, 0.717) is 5.75 Å². The van der Waals surface area contributed by atoms with Gasteiger partial charge in [0.05, 0.1) is 0 Å². The Hall–Kier alpha value is -1.42. The molecule has 0 radical (unpaired) electrons. The molecule has 1 unspecified atom stereocenters. The van der Waals surface area contributed by atoms with Gasteiger partial charge in [-0.15, -0.1) is 0 Å². The molecule has 3 aromatic rings. The van der Waals surface area contributed by atoms with Gasteiger partial charge in [-0.05, 0) is 0 Å². The van der Waals surface area contributed by atoms with Gasteiger partial charge in [0, 0.05) is 0 Å². The van der Waals surface area contributed by atoms with Gasteiger partial charge in [0.2, 0.25) is 0 Å². The number of hydrogen-bond donors (Lipinski definition) is 1. The molecule has 2 heterocycles. The number of likely N-dealkylation sites (N-methyl/N-ethyl adjacent to an activating group) is 1. The summed E-state index contributed by atoms with van der Waals surface area (Å²) in [5.41, 5.74) is 3.25. The summed E-state index contributed by atoms with van der Waals surface area (Å²) >= 11 is 3.44. The standard InChI is InChI=1S/C19H22AsN3OS/c1-3-22(4-2)9-10-23-15-7-6-14(20)19-17(15)18(21-23)13-11-12(24)5-8-16(13)25-19/h5-8,11,24H,3-4,9-10,20H2,1-2H3. The molecular formula is C19H22AsN3OS. The van der Waals surface area contributed by atoms with E-state index < -0.39 is 0 Å². The van der Waals surface area contributed by atoms with Crippen molar-refractivity contribution in [2.75, 3.05) is 19.6 Å². The molecule has 0 aliphatic carbocycles. The Morgan fingerprint density at radius 3 is 2.76 bits per heavy atom. The van der Waals surface area contributed by atoms with Crippen LogP contribution in [0, 0.1) is 0 Å². The third-order valence-electron chi connectivity index (χ3n) is 4.85. The Bertz CT molecular complexity index is 949. The van der Waals surface area contributed by atoms with Gasteiger partial charge in [0.25, 0.3) is 0 Å². The van der Waals surface area contributed by atoms with Gasteiger partial charge in [-0.25, -0.2) is 0 Å². The van der Waals surface area contributed by atoms with E-state index >= 15 is 0 Å². The Morgan fingerprint density at radius 2 is 2.00 bits per heavy atom. The number of benzene rings is 2. The first-order valence-corrected chi connectivity index (χ1v) is 10.7. The molecule has 2 aromatic carbocycles. The summed E-state index contributed by atoms with van der Waals surface area (Å²) in [5, 5.41) is 16.1. The molecule has 4 nitrogen and oxygen atoms in total. The maximum absolute atomic E-state index is 9.95. The molecule has 0 fully saturated rings. The van der Waals surface area contributed by atoms with Crippen molar-refractivity contribution < 1.29 is 5.11 Å². The van der Waals surface area contributed by atoms with E-state index in [9.17, 15) is 5.11 Å². The Labute approximate surface area is 160 Å². The van der Waals surface area contributed by atoms with E-state index in [1.54, 1.807) is 34.7 Å². The predicted molar refractivity (Wildman–Crippen MR) is 107 cm³/mol. The molecule has 0 bridgehead atoms. The zero-order valence-corrected chi connectivity index (χ0v) is 17.7. The Balaban J connectivity index is 1.86. The molecule has 1 aliphatic rings. The van der Waals surface area contributed by atoms with Crippen LogP contribution in [0.1, 0.15) is 13.8 Å². The second kappa shape index (κ2) is 6.71. The summed E-state index contributed by atoms with van der Waals surface area (Å²) in [6.45, 7) is 8.39. The van der Waals surface area contributed by atoms with E-state index in [1.807, 2.05) is 12.1 Å². The van der Waals surface area contributed by atoms with Crippen molar-refractivity contribution in [2.24, 2.45) is 0 Å². The van der Waals surface area contributed by atoms with Gasteiger partial charge in [0.15, 0.2) is 0 Å². The van der Waals surface area contributed by atoms with Gasteiger partial charge in [0.1, 0.15) is 0 Å². The molecule has 1 aromatic heterocycles. The molecule has 1 N–H and O–H groups in total. The molecule has 1 atom stereocenters. The second-order valence-electron chi connectivity index (χ2n) is 6.26. The number of hydrogen-bond acceptors (Lipinski definition) is 4. The number of nitrogens with zero attached hydrogens (tertiary/aromatic N) is 3. The molecule has 0 spiro atoms. The molecule has 6 heteroatoms. The normalized spacial score (nSPS) is 12.8. The zero-order valence-electron chi connectivity index (χ0n) is 14.5. The number of aromatic nitrogens is 2. The van der Waals surface area contributed by atoms with Crippen LogP contribution in [0.3, 0.4) is 0 Å². The topological polar surface area (TPSA) is 41.3 Å². The van der Waals surface area contributed by atoms with Crippen LogP contribution in [0.5, 0.6) is 5.75 Å². The van der Waals surface area contributed by atoms with Crippen LogP contribution in [0.2, 0.25) is 0 Å². The fraction of sp³-hybridized carbons (Fsp3) is 0.316. The summed E-state index contributed by atoms with van der Waals surface area (Å²) in [6.07, 6.45) is 0. The fourth-order valence-corrected chi connectivity index (χ4v) is 5.39. The quantitative estimate of drug-likeness (QED) is 0.509. The number of aromatic hydroxyl groups is 1. The molecular weight excluding hydrogens is 393 g/mol. The third kappa shape index (κ3) is 2.88. The van der Waals surface area contributed by atoms with Crippen LogP contribution in [-0.2, 0) is 6.54 Å². The van der Waals surface area contributed by atoms with Crippen molar-refractivity contribution >= 4 is 43.9 Å². The van der Waals surface area contributed by atoms with Crippen LogP contribution in [0.4, 0.5) is 0 Å². The maximum atomic E-state index is 9.95. The monoisotopic (exact) mass is 415 g/mol. The van der Waals surface area contributed by atoms with Crippen LogP contribution in [0.25, 0.3) is 22.2 Å². The van der Waals surface area contributed by atoms with Gasteiger partial charge in [-0.2, -0.15) is 0 Å². The van der Waals surface area contributed by atoms with Crippen LogP contribution in [0.15, 0.2) is 40.1 Å². The molecule has 4 rings (SSSR count). The Kier molecular flexibility index (Phi) is 4.57. The minimum atomic E-state index is 0.297. The SMILES string of the molecule is CCN(CC)CCn1nc2c3c(c([AsH2])ccc31)Sc1ccc(O)cc1-2. The number of phenolic OH excluding ortho intramolecular Hbond substituents is 1. The van der Waals surface area contributed by atoms with Crippen LogP contribution in [-0.4, -0.2) is 56.3 Å². The second-order valence-corrected chi connectivity index (χ2v) is 8.62. The predicted octanol–water partition coefficient (Wildman–Crippen LogP) is 2.47. The van der Waals surface area contributed by atoms with Crippen LogP contribution >= 0.6 is 11.8 Å². The molecule has 0 amide bonds. The number of phenols is 1. The zero-order chi connectivity index (χ0) is 17.6.